The van der Waals surface area contributed by atoms with Gasteiger partial charge in [-0.25, -0.2) is 4.98 Å². The molecule has 6 nitrogen and oxygen atoms in total. The van der Waals surface area contributed by atoms with Gasteiger partial charge in [-0.05, 0) is 54.1 Å². The van der Waals surface area contributed by atoms with Crippen LogP contribution in [0.15, 0.2) is 111 Å². The summed E-state index contributed by atoms with van der Waals surface area (Å²) >= 11 is 12.2. The Balaban J connectivity index is 1.36. The highest BCUT2D eigenvalue weighted by atomic mass is 35.5. The molecule has 0 radical (unpaired) electrons. The lowest BCUT2D eigenvalue weighted by Crippen LogP contribution is -2.20. The zero-order chi connectivity index (χ0) is 26.1. The molecule has 0 N–H and O–H groups in total. The lowest BCUT2D eigenvalue weighted by atomic mass is 10.2. The number of aromatic nitrogens is 2. The molecule has 38 heavy (non-hydrogen) atoms. The van der Waals surface area contributed by atoms with Crippen molar-refractivity contribution in [3.05, 3.63) is 129 Å². The minimum Gasteiger partial charge on any atom is -0.489 e. The number of hydrogen-bond donors (Lipinski definition) is 0. The number of furan rings is 1. The molecule has 186 valence electrons. The Labute approximate surface area is 227 Å². The normalized spacial score (nSPS) is 11.5. The summed E-state index contributed by atoms with van der Waals surface area (Å²) < 4.78 is 13.2. The Morgan fingerprint density at radius 2 is 1.76 bits per heavy atom. The molecular weight excluding hydrogens is 521 g/mol. The summed E-state index contributed by atoms with van der Waals surface area (Å²) in [6, 6.07) is 29.3. The van der Waals surface area contributed by atoms with Crippen molar-refractivity contribution in [1.82, 2.24) is 9.66 Å². The van der Waals surface area contributed by atoms with Crippen molar-refractivity contribution in [1.29, 1.82) is 0 Å². The maximum absolute atomic E-state index is 13.5. The fraction of sp³-hybridized carbons (Fsp3) is 0.0333. The Bertz CT molecular complexity index is 1860. The van der Waals surface area contributed by atoms with E-state index in [9.17, 15) is 4.79 Å². The van der Waals surface area contributed by atoms with Crippen LogP contribution < -0.4 is 10.3 Å². The van der Waals surface area contributed by atoms with Crippen molar-refractivity contribution < 1.29 is 9.15 Å². The van der Waals surface area contributed by atoms with Gasteiger partial charge in [0.05, 0.1) is 17.1 Å². The first kappa shape index (κ1) is 24.0. The first-order valence-electron chi connectivity index (χ1n) is 11.8. The van der Waals surface area contributed by atoms with Crippen LogP contribution in [0.3, 0.4) is 0 Å². The fourth-order valence-corrected chi connectivity index (χ4v) is 4.55. The minimum atomic E-state index is -0.299. The van der Waals surface area contributed by atoms with Gasteiger partial charge in [0.25, 0.3) is 5.56 Å². The van der Waals surface area contributed by atoms with Crippen LogP contribution in [0.2, 0.25) is 10.0 Å². The predicted molar refractivity (Wildman–Crippen MR) is 151 cm³/mol. The molecule has 0 fully saturated rings. The number of rotatable bonds is 6. The third-order valence-electron chi connectivity index (χ3n) is 5.99. The van der Waals surface area contributed by atoms with Crippen molar-refractivity contribution in [2.75, 3.05) is 0 Å². The first-order valence-corrected chi connectivity index (χ1v) is 12.5. The fourth-order valence-electron chi connectivity index (χ4n) is 4.09. The van der Waals surface area contributed by atoms with Gasteiger partial charge < -0.3 is 9.15 Å². The molecule has 0 aliphatic carbocycles. The summed E-state index contributed by atoms with van der Waals surface area (Å²) in [7, 11) is 0. The maximum Gasteiger partial charge on any atom is 0.282 e. The predicted octanol–water partition coefficient (Wildman–Crippen LogP) is 7.58. The van der Waals surface area contributed by atoms with E-state index in [0.29, 0.717) is 43.9 Å². The molecule has 2 aromatic heterocycles. The molecule has 0 saturated carbocycles. The number of nitrogens with zero attached hydrogens (tertiary/aromatic N) is 3. The summed E-state index contributed by atoms with van der Waals surface area (Å²) in [5, 5.41) is 6.99. The second kappa shape index (κ2) is 10.2. The molecule has 0 unspecified atom stereocenters. The second-order valence-corrected chi connectivity index (χ2v) is 9.40. The lowest BCUT2D eigenvalue weighted by molar-refractivity contribution is 0.306. The molecule has 0 amide bonds. The van der Waals surface area contributed by atoms with Gasteiger partial charge in [0, 0.05) is 21.0 Å². The number of halogens is 2. The van der Waals surface area contributed by atoms with E-state index in [4.69, 9.17) is 37.3 Å². The van der Waals surface area contributed by atoms with Crippen LogP contribution in [-0.2, 0) is 6.61 Å². The van der Waals surface area contributed by atoms with E-state index >= 15 is 0 Å². The highest BCUT2D eigenvalue weighted by Gasteiger charge is 2.16. The van der Waals surface area contributed by atoms with Gasteiger partial charge in [0.15, 0.2) is 5.76 Å². The third kappa shape index (κ3) is 4.79. The highest BCUT2D eigenvalue weighted by molar-refractivity contribution is 6.35. The molecule has 6 aromatic rings. The molecule has 0 bridgehead atoms. The van der Waals surface area contributed by atoms with Gasteiger partial charge in [0.2, 0.25) is 5.82 Å². The smallest absolute Gasteiger partial charge is 0.282 e. The van der Waals surface area contributed by atoms with E-state index in [0.717, 1.165) is 16.5 Å². The number of ether oxygens (including phenoxy) is 1. The molecule has 0 aliphatic rings. The minimum absolute atomic E-state index is 0.279. The Hall–Kier alpha value is -4.39. The summed E-state index contributed by atoms with van der Waals surface area (Å²) in [4.78, 5) is 18.2. The Morgan fingerprint density at radius 3 is 2.63 bits per heavy atom. The van der Waals surface area contributed by atoms with E-state index in [-0.39, 0.29) is 12.2 Å². The third-order valence-corrected chi connectivity index (χ3v) is 6.58. The molecule has 6 rings (SSSR count). The molecule has 8 heteroatoms. The number of fused-ring (bicyclic) bond motifs is 2. The Kier molecular flexibility index (Phi) is 6.42. The van der Waals surface area contributed by atoms with Crippen LogP contribution in [0.5, 0.6) is 5.75 Å². The average Bonchev–Trinajstić information content (AvgIpc) is 3.36. The topological polar surface area (TPSA) is 69.6 Å². The molecule has 0 saturated heterocycles. The molecule has 0 aliphatic heterocycles. The first-order chi connectivity index (χ1) is 18.5. The van der Waals surface area contributed by atoms with E-state index in [2.05, 4.69) is 5.10 Å². The standard InChI is InChI=1S/C30H19Cl2N3O3/c31-22-13-12-21(25(32)16-22)18-37-23-8-5-6-19(14-23)17-33-35-29(28-15-20-7-1-4-11-27(20)38-28)34-26-10-3-2-9-24(26)30(35)36/h1-17H,18H2. The van der Waals surface area contributed by atoms with Crippen molar-refractivity contribution in [3.8, 4) is 17.3 Å². The number of para-hydroxylation sites is 2. The maximum atomic E-state index is 13.5. The monoisotopic (exact) mass is 539 g/mol. The molecule has 2 heterocycles. The van der Waals surface area contributed by atoms with Crippen molar-refractivity contribution >= 4 is 51.3 Å². The van der Waals surface area contributed by atoms with Crippen molar-refractivity contribution in [2.24, 2.45) is 5.10 Å². The molecule has 0 atom stereocenters. The quantitative estimate of drug-likeness (QED) is 0.204. The van der Waals surface area contributed by atoms with Crippen molar-refractivity contribution in [2.45, 2.75) is 6.61 Å². The summed E-state index contributed by atoms with van der Waals surface area (Å²) in [6.07, 6.45) is 1.59. The van der Waals surface area contributed by atoms with Crippen LogP contribution in [0, 0.1) is 0 Å². The van der Waals surface area contributed by atoms with E-state index in [1.54, 1.807) is 36.5 Å². The molecular formula is C30H19Cl2N3O3. The van der Waals surface area contributed by atoms with E-state index in [1.165, 1.54) is 4.68 Å². The SMILES string of the molecule is O=c1c2ccccc2nc(-c2cc3ccccc3o2)n1N=Cc1cccc(OCc2ccc(Cl)cc2Cl)c1. The number of benzene rings is 4. The van der Waals surface area contributed by atoms with Crippen molar-refractivity contribution in [3.63, 3.8) is 0 Å². The molecule has 0 spiro atoms. The van der Waals surface area contributed by atoms with Crippen LogP contribution >= 0.6 is 23.2 Å². The summed E-state index contributed by atoms with van der Waals surface area (Å²) in [6.45, 7) is 0.279. The van der Waals surface area contributed by atoms with Crippen LogP contribution in [-0.4, -0.2) is 15.9 Å². The average molecular weight is 540 g/mol. The van der Waals surface area contributed by atoms with Gasteiger partial charge in [-0.1, -0.05) is 71.7 Å². The van der Waals surface area contributed by atoms with Crippen LogP contribution in [0.25, 0.3) is 33.5 Å². The summed E-state index contributed by atoms with van der Waals surface area (Å²) in [5.74, 6) is 1.38. The molecule has 4 aromatic carbocycles. The van der Waals surface area contributed by atoms with Gasteiger partial charge in [-0.3, -0.25) is 4.79 Å². The zero-order valence-corrected chi connectivity index (χ0v) is 21.4. The lowest BCUT2D eigenvalue weighted by Gasteiger charge is -2.09. The number of hydrogen-bond acceptors (Lipinski definition) is 5. The van der Waals surface area contributed by atoms with Gasteiger partial charge in [-0.2, -0.15) is 9.78 Å². The van der Waals surface area contributed by atoms with Gasteiger partial charge in [-0.15, -0.1) is 0 Å². The van der Waals surface area contributed by atoms with Crippen LogP contribution in [0.4, 0.5) is 0 Å². The van der Waals surface area contributed by atoms with Gasteiger partial charge in [0.1, 0.15) is 17.9 Å². The second-order valence-electron chi connectivity index (χ2n) is 8.56. The largest absolute Gasteiger partial charge is 0.489 e. The Morgan fingerprint density at radius 1 is 0.921 bits per heavy atom. The van der Waals surface area contributed by atoms with E-state index in [1.807, 2.05) is 66.7 Å². The summed E-state index contributed by atoms with van der Waals surface area (Å²) in [5.41, 5.74) is 2.52. The van der Waals surface area contributed by atoms with E-state index < -0.39 is 0 Å². The van der Waals surface area contributed by atoms with Gasteiger partial charge >= 0.3 is 0 Å². The van der Waals surface area contributed by atoms with Crippen LogP contribution in [0.1, 0.15) is 11.1 Å². The zero-order valence-electron chi connectivity index (χ0n) is 19.8. The highest BCUT2D eigenvalue weighted by Crippen LogP contribution is 2.27.